The van der Waals surface area contributed by atoms with Crippen molar-refractivity contribution < 1.29 is 4.79 Å². The zero-order chi connectivity index (χ0) is 13.0. The molecule has 2 unspecified atom stereocenters. The highest BCUT2D eigenvalue weighted by atomic mass is 32.1. The minimum atomic E-state index is 0.104. The minimum Gasteiger partial charge on any atom is -0.397 e. The van der Waals surface area contributed by atoms with E-state index in [2.05, 4.69) is 4.98 Å². The van der Waals surface area contributed by atoms with E-state index in [1.165, 1.54) is 24.2 Å². The van der Waals surface area contributed by atoms with Crippen LogP contribution in [0.2, 0.25) is 0 Å². The molecule has 19 heavy (non-hydrogen) atoms. The second-order valence-corrected chi connectivity index (χ2v) is 6.49. The van der Waals surface area contributed by atoms with Crippen LogP contribution in [0.5, 0.6) is 0 Å². The second-order valence-electron chi connectivity index (χ2n) is 5.49. The van der Waals surface area contributed by atoms with Crippen LogP contribution in [0.3, 0.4) is 0 Å². The van der Waals surface area contributed by atoms with Crippen molar-refractivity contribution in [3.05, 3.63) is 23.2 Å². The number of nitrogens with two attached hydrogens (primary N) is 1. The van der Waals surface area contributed by atoms with Crippen LogP contribution in [-0.4, -0.2) is 28.4 Å². The van der Waals surface area contributed by atoms with Gasteiger partial charge in [-0.05, 0) is 37.3 Å². The van der Waals surface area contributed by atoms with Crippen LogP contribution in [0, 0.1) is 5.92 Å². The predicted octanol–water partition coefficient (Wildman–Crippen LogP) is 2.50. The lowest BCUT2D eigenvalue weighted by atomic mass is 10.1. The minimum absolute atomic E-state index is 0.104. The third-order valence-corrected chi connectivity index (χ3v) is 5.49. The van der Waals surface area contributed by atoms with Crippen molar-refractivity contribution in [3.63, 3.8) is 0 Å². The van der Waals surface area contributed by atoms with E-state index in [-0.39, 0.29) is 5.91 Å². The van der Waals surface area contributed by atoms with Crippen LogP contribution in [0.25, 0.3) is 10.2 Å². The van der Waals surface area contributed by atoms with E-state index >= 15 is 0 Å². The number of anilines is 1. The average molecular weight is 273 g/mol. The van der Waals surface area contributed by atoms with Gasteiger partial charge >= 0.3 is 0 Å². The van der Waals surface area contributed by atoms with Gasteiger partial charge in [0.1, 0.15) is 9.71 Å². The van der Waals surface area contributed by atoms with Crippen LogP contribution >= 0.6 is 11.3 Å². The molecular weight excluding hydrogens is 258 g/mol. The first kappa shape index (κ1) is 11.2. The molecule has 2 atom stereocenters. The molecule has 2 N–H and O–H groups in total. The van der Waals surface area contributed by atoms with Gasteiger partial charge in [0, 0.05) is 24.2 Å². The number of carbonyl (C=O) groups is 1. The van der Waals surface area contributed by atoms with Gasteiger partial charge in [0.2, 0.25) is 0 Å². The number of hydrogen-bond acceptors (Lipinski definition) is 4. The molecule has 1 amide bonds. The monoisotopic (exact) mass is 273 g/mol. The molecule has 1 aliphatic heterocycles. The van der Waals surface area contributed by atoms with Crippen LogP contribution < -0.4 is 5.73 Å². The fourth-order valence-electron chi connectivity index (χ4n) is 3.41. The van der Waals surface area contributed by atoms with Crippen LogP contribution in [0.4, 0.5) is 5.69 Å². The molecule has 5 heteroatoms. The number of hydrogen-bond donors (Lipinski definition) is 1. The Hall–Kier alpha value is -1.62. The van der Waals surface area contributed by atoms with Gasteiger partial charge in [-0.25, -0.2) is 4.98 Å². The number of carbonyl (C=O) groups excluding carboxylic acids is 1. The number of rotatable bonds is 1. The molecule has 2 aliphatic rings. The molecule has 0 radical (unpaired) electrons. The Kier molecular flexibility index (Phi) is 2.33. The first-order valence-corrected chi connectivity index (χ1v) is 7.49. The number of piperidine rings is 1. The Labute approximate surface area is 115 Å². The molecule has 2 aromatic heterocycles. The highest BCUT2D eigenvalue weighted by Gasteiger charge is 2.41. The number of thiophene rings is 1. The van der Waals surface area contributed by atoms with Crippen molar-refractivity contribution in [3.8, 4) is 0 Å². The number of amides is 1. The van der Waals surface area contributed by atoms with E-state index in [1.54, 1.807) is 6.20 Å². The molecule has 0 spiro atoms. The number of nitrogens with zero attached hydrogens (tertiary/aromatic N) is 2. The van der Waals surface area contributed by atoms with Crippen molar-refractivity contribution in [2.24, 2.45) is 5.92 Å². The molecule has 1 aliphatic carbocycles. The molecule has 2 bridgehead atoms. The van der Waals surface area contributed by atoms with Crippen molar-refractivity contribution in [1.82, 2.24) is 9.88 Å². The van der Waals surface area contributed by atoms with Crippen LogP contribution in [0.15, 0.2) is 18.3 Å². The molecule has 2 aromatic rings. The van der Waals surface area contributed by atoms with E-state index in [0.717, 1.165) is 23.2 Å². The Balaban J connectivity index is 1.74. The van der Waals surface area contributed by atoms with Crippen molar-refractivity contribution in [2.75, 3.05) is 12.3 Å². The number of nitrogen functional groups attached to an aromatic ring is 1. The summed E-state index contributed by atoms with van der Waals surface area (Å²) in [5.41, 5.74) is 6.73. The Morgan fingerprint density at radius 3 is 3.05 bits per heavy atom. The van der Waals surface area contributed by atoms with E-state index in [1.807, 2.05) is 17.0 Å². The average Bonchev–Trinajstić information content (AvgIpc) is 3.13. The van der Waals surface area contributed by atoms with Gasteiger partial charge in [0.25, 0.3) is 5.91 Å². The fourth-order valence-corrected chi connectivity index (χ4v) is 4.43. The van der Waals surface area contributed by atoms with Gasteiger partial charge in [-0.1, -0.05) is 0 Å². The predicted molar refractivity (Wildman–Crippen MR) is 76.2 cm³/mol. The summed E-state index contributed by atoms with van der Waals surface area (Å²) in [5.74, 6) is 0.815. The summed E-state index contributed by atoms with van der Waals surface area (Å²) in [4.78, 5) is 20.5. The SMILES string of the molecule is Nc1c(C(=O)N2CC3CCC2C3)sc2ncccc12. The Morgan fingerprint density at radius 1 is 1.47 bits per heavy atom. The van der Waals surface area contributed by atoms with Crippen molar-refractivity contribution >= 4 is 33.1 Å². The van der Waals surface area contributed by atoms with Crippen molar-refractivity contribution in [2.45, 2.75) is 25.3 Å². The smallest absolute Gasteiger partial charge is 0.266 e. The van der Waals surface area contributed by atoms with Gasteiger partial charge in [0.15, 0.2) is 0 Å². The molecule has 1 saturated carbocycles. The zero-order valence-corrected chi connectivity index (χ0v) is 11.3. The third kappa shape index (κ3) is 1.57. The van der Waals surface area contributed by atoms with E-state index in [9.17, 15) is 4.79 Å². The highest BCUT2D eigenvalue weighted by Crippen LogP contribution is 2.40. The molecule has 0 aromatic carbocycles. The van der Waals surface area contributed by atoms with E-state index in [0.29, 0.717) is 22.5 Å². The number of pyridine rings is 1. The third-order valence-electron chi connectivity index (χ3n) is 4.37. The normalized spacial score (nSPS) is 25.4. The largest absolute Gasteiger partial charge is 0.397 e. The summed E-state index contributed by atoms with van der Waals surface area (Å²) in [6, 6.07) is 4.23. The number of aromatic nitrogens is 1. The summed E-state index contributed by atoms with van der Waals surface area (Å²) in [5, 5.41) is 0.903. The quantitative estimate of drug-likeness (QED) is 0.868. The zero-order valence-electron chi connectivity index (χ0n) is 10.5. The lowest BCUT2D eigenvalue weighted by Crippen LogP contribution is -2.37. The maximum atomic E-state index is 12.7. The molecule has 4 nitrogen and oxygen atoms in total. The standard InChI is InChI=1S/C14H15N3OS/c15-11-10-2-1-5-16-13(10)19-12(11)14(18)17-7-8-3-4-9(17)6-8/h1-2,5,8-9H,3-4,6-7,15H2. The van der Waals surface area contributed by atoms with Crippen molar-refractivity contribution in [1.29, 1.82) is 0 Å². The molecule has 2 fully saturated rings. The van der Waals surface area contributed by atoms with Crippen LogP contribution in [0.1, 0.15) is 28.9 Å². The summed E-state index contributed by atoms with van der Waals surface area (Å²) >= 11 is 1.42. The molecular formula is C14H15N3OS. The molecule has 4 rings (SSSR count). The van der Waals surface area contributed by atoms with E-state index < -0.39 is 0 Å². The van der Waals surface area contributed by atoms with Gasteiger partial charge < -0.3 is 10.6 Å². The highest BCUT2D eigenvalue weighted by molar-refractivity contribution is 7.21. The van der Waals surface area contributed by atoms with Gasteiger partial charge in [-0.2, -0.15) is 0 Å². The number of likely N-dealkylation sites (tertiary alicyclic amines) is 1. The van der Waals surface area contributed by atoms with Gasteiger partial charge in [0.05, 0.1) is 5.69 Å². The topological polar surface area (TPSA) is 59.2 Å². The van der Waals surface area contributed by atoms with E-state index in [4.69, 9.17) is 5.73 Å². The first-order chi connectivity index (χ1) is 9.24. The van der Waals surface area contributed by atoms with Crippen LogP contribution in [-0.2, 0) is 0 Å². The summed E-state index contributed by atoms with van der Waals surface area (Å²) in [6.07, 6.45) is 5.34. The molecule has 1 saturated heterocycles. The second kappa shape index (κ2) is 3.93. The molecule has 3 heterocycles. The lowest BCUT2D eigenvalue weighted by Gasteiger charge is -2.26. The fraction of sp³-hybridized carbons (Fsp3) is 0.429. The maximum Gasteiger partial charge on any atom is 0.266 e. The van der Waals surface area contributed by atoms with Gasteiger partial charge in [-0.3, -0.25) is 4.79 Å². The lowest BCUT2D eigenvalue weighted by molar-refractivity contribution is 0.0709. The Morgan fingerprint density at radius 2 is 2.37 bits per heavy atom. The van der Waals surface area contributed by atoms with Gasteiger partial charge in [-0.15, -0.1) is 11.3 Å². The first-order valence-electron chi connectivity index (χ1n) is 6.68. The Bertz CT molecular complexity index is 666. The number of fused-ring (bicyclic) bond motifs is 3. The maximum absolute atomic E-state index is 12.7. The summed E-state index contributed by atoms with van der Waals surface area (Å²) in [7, 11) is 0. The summed E-state index contributed by atoms with van der Waals surface area (Å²) < 4.78 is 0. The summed E-state index contributed by atoms with van der Waals surface area (Å²) in [6.45, 7) is 0.907. The molecule has 98 valence electrons.